The van der Waals surface area contributed by atoms with Gasteiger partial charge in [-0.15, -0.1) is 0 Å². The van der Waals surface area contributed by atoms with Gasteiger partial charge in [0.05, 0.1) is 5.56 Å². The first-order valence-electron chi connectivity index (χ1n) is 6.63. The van der Waals surface area contributed by atoms with Crippen molar-refractivity contribution in [3.63, 3.8) is 0 Å². The number of hydrogen-bond acceptors (Lipinski definition) is 4. The van der Waals surface area contributed by atoms with E-state index in [9.17, 15) is 9.59 Å². The van der Waals surface area contributed by atoms with E-state index in [1.165, 1.54) is 0 Å². The zero-order valence-corrected chi connectivity index (χ0v) is 12.0. The fourth-order valence-corrected chi connectivity index (χ4v) is 1.73. The Morgan fingerprint density at radius 2 is 2.10 bits per heavy atom. The standard InChI is InChI=1S/C15H18N2O4/c1-3-10(2)14(15(19)20)17-13(18)9-21-12-7-5-4-6-11(12)8-16/h4-7,10,14H,3,9H2,1-2H3,(H,17,18)(H,19,20)/t10-,14-/m0/s1. The Kier molecular flexibility index (Phi) is 6.21. The Bertz CT molecular complexity index is 551. The molecule has 6 heteroatoms. The summed E-state index contributed by atoms with van der Waals surface area (Å²) in [5.41, 5.74) is 0.321. The normalized spacial score (nSPS) is 12.8. The van der Waals surface area contributed by atoms with Crippen LogP contribution < -0.4 is 10.1 Å². The molecule has 0 unspecified atom stereocenters. The molecular formula is C15H18N2O4. The number of para-hydroxylation sites is 1. The molecule has 0 heterocycles. The third-order valence-electron chi connectivity index (χ3n) is 3.16. The van der Waals surface area contributed by atoms with Gasteiger partial charge in [-0.3, -0.25) is 4.79 Å². The molecule has 0 bridgehead atoms. The molecule has 0 aliphatic rings. The van der Waals surface area contributed by atoms with E-state index in [0.29, 0.717) is 17.7 Å². The first-order valence-corrected chi connectivity index (χ1v) is 6.63. The van der Waals surface area contributed by atoms with Gasteiger partial charge in [-0.1, -0.05) is 32.4 Å². The second kappa shape index (κ2) is 7.90. The maximum absolute atomic E-state index is 11.8. The van der Waals surface area contributed by atoms with Gasteiger partial charge < -0.3 is 15.2 Å². The second-order valence-electron chi connectivity index (χ2n) is 4.67. The van der Waals surface area contributed by atoms with Crippen LogP contribution in [0, 0.1) is 17.2 Å². The van der Waals surface area contributed by atoms with E-state index in [0.717, 1.165) is 0 Å². The van der Waals surface area contributed by atoms with E-state index >= 15 is 0 Å². The summed E-state index contributed by atoms with van der Waals surface area (Å²) in [6.07, 6.45) is 0.634. The van der Waals surface area contributed by atoms with Crippen LogP contribution in [0.4, 0.5) is 0 Å². The first-order chi connectivity index (χ1) is 9.99. The Morgan fingerprint density at radius 1 is 1.43 bits per heavy atom. The van der Waals surface area contributed by atoms with Gasteiger partial charge in [0, 0.05) is 0 Å². The molecule has 0 saturated heterocycles. The Labute approximate surface area is 123 Å². The summed E-state index contributed by atoms with van der Waals surface area (Å²) in [5.74, 6) is -1.49. The number of nitrogens with one attached hydrogen (secondary N) is 1. The maximum atomic E-state index is 11.8. The number of carbonyl (C=O) groups is 2. The molecule has 1 amide bonds. The zero-order valence-electron chi connectivity index (χ0n) is 12.0. The number of carbonyl (C=O) groups excluding carboxylic acids is 1. The van der Waals surface area contributed by atoms with Crippen LogP contribution in [0.5, 0.6) is 5.75 Å². The van der Waals surface area contributed by atoms with Gasteiger partial charge in [-0.2, -0.15) is 5.26 Å². The van der Waals surface area contributed by atoms with Crippen molar-refractivity contribution in [2.75, 3.05) is 6.61 Å². The molecular weight excluding hydrogens is 272 g/mol. The first kappa shape index (κ1) is 16.5. The third kappa shape index (κ3) is 4.80. The van der Waals surface area contributed by atoms with E-state index in [1.54, 1.807) is 31.2 Å². The van der Waals surface area contributed by atoms with Crippen molar-refractivity contribution < 1.29 is 19.4 Å². The lowest BCUT2D eigenvalue weighted by Crippen LogP contribution is -2.46. The van der Waals surface area contributed by atoms with E-state index in [1.807, 2.05) is 13.0 Å². The molecule has 6 nitrogen and oxygen atoms in total. The predicted molar refractivity (Wildman–Crippen MR) is 75.7 cm³/mol. The summed E-state index contributed by atoms with van der Waals surface area (Å²) in [6, 6.07) is 7.54. The summed E-state index contributed by atoms with van der Waals surface area (Å²) in [5, 5.41) is 20.4. The van der Waals surface area contributed by atoms with Crippen molar-refractivity contribution >= 4 is 11.9 Å². The number of hydrogen-bond donors (Lipinski definition) is 2. The molecule has 1 aromatic rings. The largest absolute Gasteiger partial charge is 0.482 e. The van der Waals surface area contributed by atoms with Gasteiger partial charge in [-0.05, 0) is 18.1 Å². The molecule has 0 spiro atoms. The Hall–Kier alpha value is -2.55. The minimum absolute atomic E-state index is 0.183. The van der Waals surface area contributed by atoms with E-state index in [2.05, 4.69) is 5.32 Å². The van der Waals surface area contributed by atoms with Crippen LogP contribution in [0.15, 0.2) is 24.3 Å². The molecule has 1 rings (SSSR count). The molecule has 0 saturated carbocycles. The predicted octanol–water partition coefficient (Wildman–Crippen LogP) is 1.55. The molecule has 0 fully saturated rings. The van der Waals surface area contributed by atoms with Gasteiger partial charge in [-0.25, -0.2) is 4.79 Å². The highest BCUT2D eigenvalue weighted by Crippen LogP contribution is 2.16. The lowest BCUT2D eigenvalue weighted by Gasteiger charge is -2.20. The van der Waals surface area contributed by atoms with Crippen molar-refractivity contribution in [2.24, 2.45) is 5.92 Å². The van der Waals surface area contributed by atoms with Gasteiger partial charge in [0.1, 0.15) is 17.9 Å². The highest BCUT2D eigenvalue weighted by molar-refractivity contribution is 5.84. The number of amides is 1. The maximum Gasteiger partial charge on any atom is 0.326 e. The lowest BCUT2D eigenvalue weighted by atomic mass is 9.99. The van der Waals surface area contributed by atoms with Crippen LogP contribution in [0.25, 0.3) is 0 Å². The van der Waals surface area contributed by atoms with E-state index in [-0.39, 0.29) is 12.5 Å². The number of carboxylic acids is 1. The van der Waals surface area contributed by atoms with Crippen molar-refractivity contribution in [1.82, 2.24) is 5.32 Å². The molecule has 21 heavy (non-hydrogen) atoms. The molecule has 2 atom stereocenters. The number of nitrogens with zero attached hydrogens (tertiary/aromatic N) is 1. The average Bonchev–Trinajstić information content (AvgIpc) is 2.49. The summed E-state index contributed by atoms with van der Waals surface area (Å²) in [6.45, 7) is 3.27. The molecule has 0 radical (unpaired) electrons. The van der Waals surface area contributed by atoms with Crippen LogP contribution in [0.1, 0.15) is 25.8 Å². The van der Waals surface area contributed by atoms with Crippen molar-refractivity contribution in [1.29, 1.82) is 5.26 Å². The highest BCUT2D eigenvalue weighted by Gasteiger charge is 2.25. The zero-order chi connectivity index (χ0) is 15.8. The van der Waals surface area contributed by atoms with Crippen LogP contribution >= 0.6 is 0 Å². The number of benzene rings is 1. The Balaban J connectivity index is 2.61. The van der Waals surface area contributed by atoms with Crippen LogP contribution in [0.3, 0.4) is 0 Å². The molecule has 0 aliphatic carbocycles. The summed E-state index contributed by atoms with van der Waals surface area (Å²) in [4.78, 5) is 22.9. The monoisotopic (exact) mass is 290 g/mol. The van der Waals surface area contributed by atoms with Gasteiger partial charge in [0.25, 0.3) is 5.91 Å². The lowest BCUT2D eigenvalue weighted by molar-refractivity contribution is -0.143. The molecule has 1 aromatic carbocycles. The average molecular weight is 290 g/mol. The van der Waals surface area contributed by atoms with Gasteiger partial charge in [0.15, 0.2) is 6.61 Å². The molecule has 0 aliphatic heterocycles. The number of ether oxygens (including phenoxy) is 1. The second-order valence-corrected chi connectivity index (χ2v) is 4.67. The summed E-state index contributed by atoms with van der Waals surface area (Å²) >= 11 is 0. The van der Waals surface area contributed by atoms with Crippen molar-refractivity contribution in [3.8, 4) is 11.8 Å². The highest BCUT2D eigenvalue weighted by atomic mass is 16.5. The molecule has 0 aromatic heterocycles. The third-order valence-corrected chi connectivity index (χ3v) is 3.16. The number of nitriles is 1. The van der Waals surface area contributed by atoms with Gasteiger partial charge in [0.2, 0.25) is 0 Å². The fourth-order valence-electron chi connectivity index (χ4n) is 1.73. The summed E-state index contributed by atoms with van der Waals surface area (Å²) in [7, 11) is 0. The van der Waals surface area contributed by atoms with Crippen molar-refractivity contribution in [2.45, 2.75) is 26.3 Å². The smallest absolute Gasteiger partial charge is 0.326 e. The fraction of sp³-hybridized carbons (Fsp3) is 0.400. The minimum atomic E-state index is -1.07. The van der Waals surface area contributed by atoms with Crippen molar-refractivity contribution in [3.05, 3.63) is 29.8 Å². The topological polar surface area (TPSA) is 99.4 Å². The van der Waals surface area contributed by atoms with Crippen LogP contribution in [-0.4, -0.2) is 29.6 Å². The molecule has 112 valence electrons. The van der Waals surface area contributed by atoms with E-state index in [4.69, 9.17) is 15.1 Å². The quantitative estimate of drug-likeness (QED) is 0.793. The minimum Gasteiger partial charge on any atom is -0.482 e. The van der Waals surface area contributed by atoms with E-state index < -0.39 is 17.9 Å². The molecule has 2 N–H and O–H groups in total. The number of aliphatic carboxylic acids is 1. The van der Waals surface area contributed by atoms with Crippen LogP contribution in [0.2, 0.25) is 0 Å². The SMILES string of the molecule is CC[C@H](C)[C@H](NC(=O)COc1ccccc1C#N)C(=O)O. The summed E-state index contributed by atoms with van der Waals surface area (Å²) < 4.78 is 5.26. The Morgan fingerprint density at radius 3 is 2.67 bits per heavy atom. The number of rotatable bonds is 7. The number of carboxylic acid groups (broad SMARTS) is 1. The van der Waals surface area contributed by atoms with Gasteiger partial charge >= 0.3 is 5.97 Å². The van der Waals surface area contributed by atoms with Crippen LogP contribution in [-0.2, 0) is 9.59 Å².